The first-order valence-corrected chi connectivity index (χ1v) is 27.8. The molecule has 366 valence electrons. The molecular weight excluding hydrogens is 918 g/mol. The van der Waals surface area contributed by atoms with Gasteiger partial charge >= 0.3 is 0 Å². The van der Waals surface area contributed by atoms with Crippen LogP contribution in [0.1, 0.15) is 105 Å². The van der Waals surface area contributed by atoms with Crippen molar-refractivity contribution in [3.05, 3.63) is 168 Å². The molecule has 0 saturated heterocycles. The molecule has 0 saturated carbocycles. The lowest BCUT2D eigenvalue weighted by atomic mass is 9.31. The molecule has 0 N–H and O–H groups in total. The molecule has 0 fully saturated rings. The molecule has 9 aromatic carbocycles. The molecule has 0 spiro atoms. The number of fused-ring (bicyclic) bond motifs is 22. The second kappa shape index (κ2) is 13.5. The largest absolute Gasteiger partial charge is 0.308 e. The maximum Gasteiger partial charge on any atom is 0.252 e. The number of hydrogen-bond acceptors (Lipinski definition) is 0. The van der Waals surface area contributed by atoms with Crippen molar-refractivity contribution >= 4 is 133 Å². The van der Waals surface area contributed by atoms with Crippen LogP contribution in [0.3, 0.4) is 0 Å². The van der Waals surface area contributed by atoms with Gasteiger partial charge in [-0.25, -0.2) is 0 Å². The monoisotopic (exact) mass is 979 g/mol. The Labute approximate surface area is 444 Å². The predicted octanol–water partition coefficient (Wildman–Crippen LogP) is 13.6. The molecule has 6 heteroatoms. The third-order valence-electron chi connectivity index (χ3n) is 18.9. The van der Waals surface area contributed by atoms with Crippen LogP contribution in [0.2, 0.25) is 0 Å². The molecule has 0 aliphatic carbocycles. The number of para-hydroxylation sites is 4. The van der Waals surface area contributed by atoms with Crippen molar-refractivity contribution in [1.29, 1.82) is 0 Å². The normalized spacial score (nSPS) is 14.5. The number of hydrogen-bond donors (Lipinski definition) is 0. The Kier molecular flexibility index (Phi) is 7.71. The van der Waals surface area contributed by atoms with E-state index in [9.17, 15) is 0 Å². The minimum Gasteiger partial charge on any atom is -0.308 e. The molecule has 4 aliphatic rings. The molecule has 13 aromatic rings. The first-order valence-electron chi connectivity index (χ1n) is 27.8. The van der Waals surface area contributed by atoms with Gasteiger partial charge in [-0.1, -0.05) is 180 Å². The molecule has 0 bridgehead atoms. The van der Waals surface area contributed by atoms with Crippen LogP contribution in [0, 0.1) is 0 Å². The number of benzene rings is 9. The van der Waals surface area contributed by atoms with E-state index in [-0.39, 0.29) is 35.1 Å². The second-order valence-electron chi connectivity index (χ2n) is 27.3. The van der Waals surface area contributed by atoms with Crippen molar-refractivity contribution in [2.45, 2.75) is 105 Å². The summed E-state index contributed by atoms with van der Waals surface area (Å²) in [6, 6.07) is 58.6. The van der Waals surface area contributed by atoms with Crippen molar-refractivity contribution < 1.29 is 0 Å². The molecule has 0 atom stereocenters. The van der Waals surface area contributed by atoms with E-state index in [1.54, 1.807) is 0 Å². The molecule has 8 heterocycles. The van der Waals surface area contributed by atoms with Crippen molar-refractivity contribution in [1.82, 2.24) is 18.3 Å². The highest BCUT2D eigenvalue weighted by Gasteiger charge is 2.50. The highest BCUT2D eigenvalue weighted by molar-refractivity contribution is 7.03. The number of nitrogens with zero attached hydrogens (tertiary/aromatic N) is 4. The van der Waals surface area contributed by atoms with Crippen LogP contribution in [0.5, 0.6) is 0 Å². The highest BCUT2D eigenvalue weighted by Crippen LogP contribution is 2.49. The van der Waals surface area contributed by atoms with Crippen LogP contribution in [-0.4, -0.2) is 31.7 Å². The fraction of sp³-hybridized carbons (Fsp3) is 0.229. The average Bonchev–Trinajstić information content (AvgIpc) is 4.07. The summed E-state index contributed by atoms with van der Waals surface area (Å²) >= 11 is 0. The maximum absolute atomic E-state index is 2.76. The zero-order chi connectivity index (χ0) is 51.8. The SMILES string of the molecule is CC(C)(C)c1ccc2c(c1)c1cccc3c1n2-c1c2c(c4c5c1-n1c6ccc(C(C)(C)C)cc6c6cccc(c61)B5c1cccc5c6cc(C(C)(C)C)ccc6n-4c15)-n1c4ccc(C(C)(C)C)cc4c4cccc(c41)B23. The molecule has 0 unspecified atom stereocenters. The Hall–Kier alpha value is -7.69. The van der Waals surface area contributed by atoms with Gasteiger partial charge in [-0.05, 0) is 125 Å². The third kappa shape index (κ3) is 5.06. The van der Waals surface area contributed by atoms with Crippen LogP contribution in [0.25, 0.3) is 110 Å². The van der Waals surface area contributed by atoms with E-state index < -0.39 is 0 Å². The molecule has 76 heavy (non-hydrogen) atoms. The van der Waals surface area contributed by atoms with Crippen molar-refractivity contribution in [2.75, 3.05) is 0 Å². The van der Waals surface area contributed by atoms with Crippen LogP contribution in [0.15, 0.2) is 146 Å². The summed E-state index contributed by atoms with van der Waals surface area (Å²) < 4.78 is 11.0. The Morgan fingerprint density at radius 2 is 0.487 bits per heavy atom. The summed E-state index contributed by atoms with van der Waals surface area (Å²) in [5, 5.41) is 10.6. The van der Waals surface area contributed by atoms with Gasteiger partial charge in [-0.2, -0.15) is 0 Å². The molecule has 0 amide bonds. The zero-order valence-electron chi connectivity index (χ0n) is 45.8. The van der Waals surface area contributed by atoms with Gasteiger partial charge in [0.25, 0.3) is 13.4 Å². The molecular formula is C70H60B2N4. The van der Waals surface area contributed by atoms with Crippen LogP contribution in [0.4, 0.5) is 0 Å². The van der Waals surface area contributed by atoms with E-state index in [2.05, 4.69) is 247 Å². The standard InChI is InChI=1S/C70H60B2N4/c1-67(2,3)37-25-29-53-45(33-37)41-17-13-21-49-59(41)73(53)63-57-65(75-55-31-27-39(69(7,8)9)35-47(55)42-18-14-22-50(60(42)75)71(49)57)66-58-64(63)74-54-30-26-38(68(4,5)6)34-46(54)43-19-15-23-51(61(43)74)72(58)52-24-16-20-44-48-36-40(70(10,11)12)28-32-56(48)76(66)62(44)52/h13-36H,1-12H3. The van der Waals surface area contributed by atoms with Gasteiger partial charge in [-0.3, -0.25) is 0 Å². The minimum atomic E-state index is -0.0424. The van der Waals surface area contributed by atoms with Gasteiger partial charge in [0.05, 0.1) is 44.8 Å². The van der Waals surface area contributed by atoms with E-state index in [1.165, 1.54) is 165 Å². The Morgan fingerprint density at radius 3 is 0.697 bits per heavy atom. The first kappa shape index (κ1) is 43.5. The van der Waals surface area contributed by atoms with Crippen molar-refractivity contribution in [2.24, 2.45) is 0 Å². The summed E-state index contributed by atoms with van der Waals surface area (Å²) in [6.07, 6.45) is 0. The van der Waals surface area contributed by atoms with Crippen LogP contribution < -0.4 is 32.8 Å². The smallest absolute Gasteiger partial charge is 0.252 e. The summed E-state index contributed by atoms with van der Waals surface area (Å²) in [6.45, 7) is 28.2. The fourth-order valence-electron chi connectivity index (χ4n) is 15.3. The second-order valence-corrected chi connectivity index (χ2v) is 27.3. The van der Waals surface area contributed by atoms with Gasteiger partial charge in [0, 0.05) is 65.2 Å². The summed E-state index contributed by atoms with van der Waals surface area (Å²) in [4.78, 5) is 0. The van der Waals surface area contributed by atoms with E-state index >= 15 is 0 Å². The van der Waals surface area contributed by atoms with Gasteiger partial charge in [-0.15, -0.1) is 0 Å². The average molecular weight is 979 g/mol. The quantitative estimate of drug-likeness (QED) is 0.135. The summed E-state index contributed by atoms with van der Waals surface area (Å²) in [5.74, 6) is 0. The Morgan fingerprint density at radius 1 is 0.263 bits per heavy atom. The van der Waals surface area contributed by atoms with Gasteiger partial charge in [0.15, 0.2) is 0 Å². The first-order chi connectivity index (χ1) is 36.3. The van der Waals surface area contributed by atoms with E-state index in [4.69, 9.17) is 0 Å². The molecule has 4 nitrogen and oxygen atoms in total. The van der Waals surface area contributed by atoms with Crippen molar-refractivity contribution in [3.8, 4) is 22.7 Å². The highest BCUT2D eigenvalue weighted by atomic mass is 15.1. The Bertz CT molecular complexity index is 4300. The Balaban J connectivity index is 1.18. The van der Waals surface area contributed by atoms with Gasteiger partial charge in [0.1, 0.15) is 0 Å². The topological polar surface area (TPSA) is 19.7 Å². The van der Waals surface area contributed by atoms with E-state index in [0.717, 1.165) is 0 Å². The molecule has 0 radical (unpaired) electrons. The lowest BCUT2D eigenvalue weighted by molar-refractivity contribution is 0.591. The molecule has 17 rings (SSSR count). The van der Waals surface area contributed by atoms with E-state index in [1.807, 2.05) is 0 Å². The van der Waals surface area contributed by atoms with Crippen molar-refractivity contribution in [3.63, 3.8) is 0 Å². The lowest BCUT2D eigenvalue weighted by Crippen LogP contribution is -2.64. The van der Waals surface area contributed by atoms with Gasteiger partial charge in [0.2, 0.25) is 0 Å². The predicted molar refractivity (Wildman–Crippen MR) is 328 cm³/mol. The van der Waals surface area contributed by atoms with E-state index in [0.29, 0.717) is 0 Å². The summed E-state index contributed by atoms with van der Waals surface area (Å²) in [7, 11) is 0. The maximum atomic E-state index is 2.76. The van der Waals surface area contributed by atoms with Crippen LogP contribution >= 0.6 is 0 Å². The lowest BCUT2D eigenvalue weighted by Gasteiger charge is -2.42. The molecule has 4 aromatic heterocycles. The van der Waals surface area contributed by atoms with Gasteiger partial charge < -0.3 is 18.3 Å². The minimum absolute atomic E-state index is 0.0144. The fourth-order valence-corrected chi connectivity index (χ4v) is 15.3. The third-order valence-corrected chi connectivity index (χ3v) is 18.9. The van der Waals surface area contributed by atoms with Crippen LogP contribution in [-0.2, 0) is 21.7 Å². The number of rotatable bonds is 0. The zero-order valence-corrected chi connectivity index (χ0v) is 45.8. The summed E-state index contributed by atoms with van der Waals surface area (Å²) in [5.41, 5.74) is 29.3. The molecule has 4 aliphatic heterocycles. The number of aromatic nitrogens is 4.